The van der Waals surface area contributed by atoms with Gasteiger partial charge in [0.1, 0.15) is 16.7 Å². The molecule has 3 heteroatoms. The lowest BCUT2D eigenvalue weighted by molar-refractivity contribution is 0.668. The van der Waals surface area contributed by atoms with E-state index in [1.807, 2.05) is 78.9 Å². The second-order valence-electron chi connectivity index (χ2n) is 12.4. The van der Waals surface area contributed by atoms with Crippen LogP contribution in [0.1, 0.15) is 9.60 Å². The molecule has 2 aromatic heterocycles. The van der Waals surface area contributed by atoms with Crippen LogP contribution in [0.2, 0.25) is 0 Å². The lowest BCUT2D eigenvalue weighted by Gasteiger charge is -2.28. The summed E-state index contributed by atoms with van der Waals surface area (Å²) in [4.78, 5) is 2.16. The highest BCUT2D eigenvalue weighted by atomic mass is 16.3. The fourth-order valence-corrected chi connectivity index (χ4v) is 7.04. The van der Waals surface area contributed by atoms with Gasteiger partial charge >= 0.3 is 0 Å². The number of fused-ring (bicyclic) bond motifs is 6. The highest BCUT2D eigenvalue weighted by molar-refractivity contribution is 6.14. The van der Waals surface area contributed by atoms with E-state index in [1.165, 1.54) is 0 Å². The van der Waals surface area contributed by atoms with Gasteiger partial charge in [0.25, 0.3) is 0 Å². The largest absolute Gasteiger partial charge is 0.456 e. The summed E-state index contributed by atoms with van der Waals surface area (Å²) in [6, 6.07) is 45.9. The molecule has 0 amide bonds. The molecule has 0 aliphatic carbocycles. The molecule has 3 nitrogen and oxygen atoms in total. The van der Waals surface area contributed by atoms with Crippen molar-refractivity contribution in [2.24, 2.45) is 0 Å². The molecule has 0 saturated carbocycles. The average Bonchev–Trinajstić information content (AvgIpc) is 3.86. The SMILES string of the molecule is [2H]c1c([2H])c([2H])c2c(oc3c([2H])c([2H])c([2H])c(-c4ccc(N(c5ccc(-c6ccccc6)cc5)c5c(-c6ccccc6)ccc6c5oc5ccccc56)cc4)c32)c1[2H]. The minimum atomic E-state index is -0.461. The Kier molecular flexibility index (Phi) is 5.32. The maximum Gasteiger partial charge on any atom is 0.160 e. The highest BCUT2D eigenvalue weighted by Crippen LogP contribution is 2.48. The molecule has 0 fully saturated rings. The molecule has 0 radical (unpaired) electrons. The average molecular weight is 661 g/mol. The Morgan fingerprint density at radius 3 is 1.76 bits per heavy atom. The molecule has 10 rings (SSSR count). The van der Waals surface area contributed by atoms with Gasteiger partial charge in [-0.3, -0.25) is 0 Å². The fourth-order valence-electron chi connectivity index (χ4n) is 7.04. The van der Waals surface area contributed by atoms with E-state index in [-0.39, 0.29) is 57.7 Å². The molecule has 240 valence electrons. The third kappa shape index (κ3) is 4.90. The van der Waals surface area contributed by atoms with Crippen LogP contribution in [0.25, 0.3) is 77.3 Å². The summed E-state index contributed by atoms with van der Waals surface area (Å²) < 4.78 is 73.1. The van der Waals surface area contributed by atoms with Gasteiger partial charge in [0.05, 0.1) is 15.3 Å². The zero-order chi connectivity index (χ0) is 39.8. The van der Waals surface area contributed by atoms with E-state index in [2.05, 4.69) is 71.6 Å². The first kappa shape index (κ1) is 22.7. The van der Waals surface area contributed by atoms with Gasteiger partial charge in [-0.1, -0.05) is 139 Å². The molecule has 2 heterocycles. The lowest BCUT2D eigenvalue weighted by atomic mass is 9.97. The first-order chi connectivity index (χ1) is 28.2. The molecule has 51 heavy (non-hydrogen) atoms. The maximum atomic E-state index is 9.09. The van der Waals surface area contributed by atoms with E-state index in [0.717, 1.165) is 55.7 Å². The van der Waals surface area contributed by atoms with Gasteiger partial charge in [0.15, 0.2) is 5.58 Å². The molecule has 0 saturated heterocycles. The zero-order valence-electron chi connectivity index (χ0n) is 34.1. The van der Waals surface area contributed by atoms with Gasteiger partial charge < -0.3 is 13.7 Å². The van der Waals surface area contributed by atoms with Crippen molar-refractivity contribution >= 4 is 60.9 Å². The minimum absolute atomic E-state index is 0.0636. The summed E-state index contributed by atoms with van der Waals surface area (Å²) in [5.41, 5.74) is 8.62. The number of hydrogen-bond donors (Lipinski definition) is 0. The smallest absolute Gasteiger partial charge is 0.160 e. The zero-order valence-corrected chi connectivity index (χ0v) is 27.1. The van der Waals surface area contributed by atoms with Crippen LogP contribution in [-0.4, -0.2) is 0 Å². The fraction of sp³-hybridized carbons (Fsp3) is 0. The molecule has 0 unspecified atom stereocenters. The van der Waals surface area contributed by atoms with Crippen molar-refractivity contribution in [2.45, 2.75) is 0 Å². The van der Waals surface area contributed by atoms with Gasteiger partial charge in [-0.25, -0.2) is 0 Å². The third-order valence-corrected chi connectivity index (χ3v) is 9.42. The van der Waals surface area contributed by atoms with Crippen molar-refractivity contribution in [1.82, 2.24) is 0 Å². The van der Waals surface area contributed by atoms with E-state index in [4.69, 9.17) is 18.4 Å². The molecule has 0 spiro atoms. The Morgan fingerprint density at radius 2 is 1.00 bits per heavy atom. The second kappa shape index (κ2) is 11.9. The first-order valence-corrected chi connectivity index (χ1v) is 16.7. The Labute approximate surface area is 305 Å². The topological polar surface area (TPSA) is 29.5 Å². The van der Waals surface area contributed by atoms with Gasteiger partial charge in [-0.05, 0) is 76.3 Å². The van der Waals surface area contributed by atoms with Crippen LogP contribution in [0.4, 0.5) is 17.1 Å². The van der Waals surface area contributed by atoms with Gasteiger partial charge in [-0.2, -0.15) is 0 Å². The van der Waals surface area contributed by atoms with Gasteiger partial charge in [0.2, 0.25) is 0 Å². The second-order valence-corrected chi connectivity index (χ2v) is 12.4. The van der Waals surface area contributed by atoms with Gasteiger partial charge in [-0.15, -0.1) is 0 Å². The van der Waals surface area contributed by atoms with Crippen LogP contribution in [0.5, 0.6) is 0 Å². The molecular formula is C48H31NO2. The van der Waals surface area contributed by atoms with Gasteiger partial charge in [0, 0.05) is 38.5 Å². The summed E-state index contributed by atoms with van der Waals surface area (Å²) in [7, 11) is 0. The summed E-state index contributed by atoms with van der Waals surface area (Å²) in [5.74, 6) is 0. The summed E-state index contributed by atoms with van der Waals surface area (Å²) in [6.45, 7) is 0. The standard InChI is InChI=1S/C48H31NO2/c1-3-12-32(13-4-1)33-22-26-36(27-23-33)49(37-28-24-35(25-29-37)38-18-11-21-45-46(38)42-17-8-10-20-44(42)50-45)47-39(34-14-5-2-6-15-34)30-31-41-40-16-7-9-19-43(40)51-48(41)47/h1-31H/i8D,10D,11D,17D,18D,20D,21D. The van der Waals surface area contributed by atoms with E-state index in [0.29, 0.717) is 11.1 Å². The molecule has 0 aliphatic rings. The van der Waals surface area contributed by atoms with Crippen LogP contribution < -0.4 is 4.90 Å². The molecule has 8 aromatic carbocycles. The minimum Gasteiger partial charge on any atom is -0.456 e. The monoisotopic (exact) mass is 660 g/mol. The quantitative estimate of drug-likeness (QED) is 0.178. The number of para-hydroxylation sites is 2. The third-order valence-electron chi connectivity index (χ3n) is 9.42. The van der Waals surface area contributed by atoms with Crippen molar-refractivity contribution in [3.8, 4) is 33.4 Å². The van der Waals surface area contributed by atoms with Crippen molar-refractivity contribution in [1.29, 1.82) is 0 Å². The first-order valence-electron chi connectivity index (χ1n) is 20.2. The number of benzene rings is 8. The van der Waals surface area contributed by atoms with Crippen LogP contribution in [0, 0.1) is 0 Å². The number of hydrogen-bond acceptors (Lipinski definition) is 3. The molecule has 0 N–H and O–H groups in total. The number of anilines is 3. The molecular weight excluding hydrogens is 623 g/mol. The van der Waals surface area contributed by atoms with Crippen LogP contribution in [0.3, 0.4) is 0 Å². The molecule has 10 aromatic rings. The molecule has 0 bridgehead atoms. The number of nitrogens with zero attached hydrogens (tertiary/aromatic N) is 1. The van der Waals surface area contributed by atoms with E-state index < -0.39 is 12.1 Å². The van der Waals surface area contributed by atoms with E-state index in [1.54, 1.807) is 0 Å². The molecule has 0 atom stereocenters. The van der Waals surface area contributed by atoms with Crippen molar-refractivity contribution < 1.29 is 18.4 Å². The normalized spacial score (nSPS) is 13.5. The Balaban J connectivity index is 1.23. The number of rotatable bonds is 6. The predicted molar refractivity (Wildman–Crippen MR) is 212 cm³/mol. The predicted octanol–water partition coefficient (Wildman–Crippen LogP) is 14.0. The van der Waals surface area contributed by atoms with Crippen LogP contribution in [-0.2, 0) is 0 Å². The lowest BCUT2D eigenvalue weighted by Crippen LogP contribution is -2.11. The Hall–Kier alpha value is -6.84. The van der Waals surface area contributed by atoms with E-state index >= 15 is 0 Å². The van der Waals surface area contributed by atoms with Crippen LogP contribution >= 0.6 is 0 Å². The summed E-state index contributed by atoms with van der Waals surface area (Å²) in [6.07, 6.45) is 0. The van der Waals surface area contributed by atoms with Crippen molar-refractivity contribution in [3.63, 3.8) is 0 Å². The van der Waals surface area contributed by atoms with Crippen LogP contribution in [0.15, 0.2) is 197 Å². The maximum absolute atomic E-state index is 9.09. The van der Waals surface area contributed by atoms with Crippen molar-refractivity contribution in [3.05, 3.63) is 188 Å². The number of furan rings is 2. The summed E-state index contributed by atoms with van der Waals surface area (Å²) in [5, 5.41) is 2.23. The molecule has 0 aliphatic heterocycles. The van der Waals surface area contributed by atoms with Crippen molar-refractivity contribution in [2.75, 3.05) is 4.90 Å². The highest BCUT2D eigenvalue weighted by Gasteiger charge is 2.24. The van der Waals surface area contributed by atoms with E-state index in [9.17, 15) is 0 Å². The Morgan fingerprint density at radius 1 is 0.392 bits per heavy atom. The summed E-state index contributed by atoms with van der Waals surface area (Å²) >= 11 is 0. The Bertz CT molecular complexity index is 3230.